The van der Waals surface area contributed by atoms with Gasteiger partial charge >= 0.3 is 0 Å². The molecule has 3 saturated carbocycles. The van der Waals surface area contributed by atoms with Crippen LogP contribution in [-0.4, -0.2) is 29.2 Å². The molecule has 3 heteroatoms. The van der Waals surface area contributed by atoms with Crippen molar-refractivity contribution in [2.45, 2.75) is 58.3 Å². The maximum atomic E-state index is 11.9. The van der Waals surface area contributed by atoms with Gasteiger partial charge in [-0.1, -0.05) is 24.6 Å². The molecule has 0 heterocycles. The van der Waals surface area contributed by atoms with E-state index in [9.17, 15) is 9.90 Å². The van der Waals surface area contributed by atoms with E-state index in [1.165, 1.54) is 24.8 Å². The fourth-order valence-corrected chi connectivity index (χ4v) is 7.24. The van der Waals surface area contributed by atoms with Crippen LogP contribution in [0, 0.1) is 34.5 Å². The molecule has 0 bridgehead atoms. The highest BCUT2D eigenvalue weighted by molar-refractivity contribution is 5.91. The van der Waals surface area contributed by atoms with Crippen LogP contribution < -0.4 is 0 Å². The number of hydrogen-bond acceptors (Lipinski definition) is 3. The molecule has 6 atom stereocenters. The Balaban J connectivity index is 1.65. The average molecular weight is 344 g/mol. The summed E-state index contributed by atoms with van der Waals surface area (Å²) < 4.78 is 0. The van der Waals surface area contributed by atoms with E-state index in [1.54, 1.807) is 0 Å². The Morgan fingerprint density at radius 1 is 1.12 bits per heavy atom. The smallest absolute Gasteiger partial charge is 0.155 e. The Morgan fingerprint density at radius 2 is 1.96 bits per heavy atom. The molecule has 4 aliphatic carbocycles. The SMILES string of the molecule is C[C@]12CCC(=O)C=C1CC[C@H]1[C@@H]3CC[C@@H](C=CCO)[C@@]3(CO)CC[C@@H]12. The minimum Gasteiger partial charge on any atom is -0.396 e. The lowest BCUT2D eigenvalue weighted by molar-refractivity contribution is -0.118. The quantitative estimate of drug-likeness (QED) is 0.768. The molecule has 0 aliphatic heterocycles. The highest BCUT2D eigenvalue weighted by Gasteiger charge is 2.59. The summed E-state index contributed by atoms with van der Waals surface area (Å²) in [5, 5.41) is 19.6. The first-order chi connectivity index (χ1) is 12.0. The molecule has 0 saturated heterocycles. The molecule has 0 unspecified atom stereocenters. The predicted molar refractivity (Wildman–Crippen MR) is 97.8 cm³/mol. The van der Waals surface area contributed by atoms with Crippen LogP contribution >= 0.6 is 0 Å². The van der Waals surface area contributed by atoms with Crippen LogP contribution in [0.15, 0.2) is 23.8 Å². The van der Waals surface area contributed by atoms with E-state index < -0.39 is 0 Å². The van der Waals surface area contributed by atoms with Gasteiger partial charge in [-0.2, -0.15) is 0 Å². The van der Waals surface area contributed by atoms with E-state index in [0.29, 0.717) is 35.9 Å². The average Bonchev–Trinajstić information content (AvgIpc) is 2.99. The molecule has 3 nitrogen and oxygen atoms in total. The lowest BCUT2D eigenvalue weighted by Crippen LogP contribution is -2.52. The Bertz CT molecular complexity index is 606. The van der Waals surface area contributed by atoms with E-state index in [1.807, 2.05) is 12.2 Å². The van der Waals surface area contributed by atoms with Crippen LogP contribution in [0.5, 0.6) is 0 Å². The standard InChI is InChI=1S/C22H32O3/c1-21-10-8-17(25)13-16(21)4-6-18-19(21)9-11-22(14-24)15(3-2-12-23)5-7-20(18)22/h2-3,13,15,18-20,23-24H,4-12,14H2,1H3/t15-,18-,19+,20+,21+,22+/m1/s1. The molecule has 0 radical (unpaired) electrons. The van der Waals surface area contributed by atoms with Crippen molar-refractivity contribution in [3.63, 3.8) is 0 Å². The normalized spacial score (nSPS) is 46.5. The summed E-state index contributed by atoms with van der Waals surface area (Å²) in [6, 6.07) is 0. The van der Waals surface area contributed by atoms with Crippen molar-refractivity contribution < 1.29 is 15.0 Å². The van der Waals surface area contributed by atoms with Crippen LogP contribution in [-0.2, 0) is 4.79 Å². The summed E-state index contributed by atoms with van der Waals surface area (Å²) in [5.74, 6) is 2.69. The molecule has 25 heavy (non-hydrogen) atoms. The number of hydrogen-bond donors (Lipinski definition) is 2. The van der Waals surface area contributed by atoms with Crippen LogP contribution in [0.3, 0.4) is 0 Å². The summed E-state index contributed by atoms with van der Waals surface area (Å²) in [7, 11) is 0. The van der Waals surface area contributed by atoms with Crippen molar-refractivity contribution in [1.29, 1.82) is 0 Å². The highest BCUT2D eigenvalue weighted by Crippen LogP contribution is 2.66. The molecule has 0 aromatic rings. The molecule has 2 N–H and O–H groups in total. The third-order valence-corrected chi connectivity index (χ3v) is 8.51. The Labute approximate surface area is 151 Å². The molecule has 0 aromatic heterocycles. The largest absolute Gasteiger partial charge is 0.396 e. The summed E-state index contributed by atoms with van der Waals surface area (Å²) in [5.41, 5.74) is 1.64. The second kappa shape index (κ2) is 6.35. The monoisotopic (exact) mass is 344 g/mol. The van der Waals surface area contributed by atoms with Crippen LogP contribution in [0.2, 0.25) is 0 Å². The van der Waals surface area contributed by atoms with Gasteiger partial charge in [-0.25, -0.2) is 0 Å². The van der Waals surface area contributed by atoms with Gasteiger partial charge in [-0.3, -0.25) is 4.79 Å². The molecular formula is C22H32O3. The van der Waals surface area contributed by atoms with Crippen molar-refractivity contribution in [3.05, 3.63) is 23.8 Å². The fourth-order valence-electron chi connectivity index (χ4n) is 7.24. The predicted octanol–water partition coefficient (Wildman–Crippen LogP) is 3.66. The number of allylic oxidation sites excluding steroid dienone is 2. The van der Waals surface area contributed by atoms with Crippen molar-refractivity contribution in [1.82, 2.24) is 0 Å². The zero-order valence-corrected chi connectivity index (χ0v) is 15.4. The topological polar surface area (TPSA) is 57.5 Å². The minimum atomic E-state index is 0.0227. The molecule has 0 amide bonds. The number of aliphatic hydroxyl groups is 2. The van der Waals surface area contributed by atoms with Crippen LogP contribution in [0.4, 0.5) is 0 Å². The number of rotatable bonds is 3. The molecule has 3 fully saturated rings. The lowest BCUT2D eigenvalue weighted by Gasteiger charge is -2.58. The maximum Gasteiger partial charge on any atom is 0.155 e. The Hall–Kier alpha value is -0.930. The van der Waals surface area contributed by atoms with Crippen LogP contribution in [0.25, 0.3) is 0 Å². The number of aliphatic hydroxyl groups excluding tert-OH is 2. The van der Waals surface area contributed by atoms with Gasteiger partial charge in [0.15, 0.2) is 5.78 Å². The molecule has 4 rings (SSSR count). The van der Waals surface area contributed by atoms with Gasteiger partial charge in [0.1, 0.15) is 0 Å². The summed E-state index contributed by atoms with van der Waals surface area (Å²) >= 11 is 0. The molecular weight excluding hydrogens is 312 g/mol. The van der Waals surface area contributed by atoms with Crippen molar-refractivity contribution in [3.8, 4) is 0 Å². The highest BCUT2D eigenvalue weighted by atomic mass is 16.3. The van der Waals surface area contributed by atoms with Gasteiger partial charge in [0.05, 0.1) is 6.61 Å². The van der Waals surface area contributed by atoms with Gasteiger partial charge in [0.2, 0.25) is 0 Å². The van der Waals surface area contributed by atoms with Gasteiger partial charge in [0.25, 0.3) is 0 Å². The molecule has 138 valence electrons. The van der Waals surface area contributed by atoms with Crippen molar-refractivity contribution in [2.24, 2.45) is 34.5 Å². The van der Waals surface area contributed by atoms with E-state index in [0.717, 1.165) is 25.7 Å². The summed E-state index contributed by atoms with van der Waals surface area (Å²) in [4.78, 5) is 11.9. The second-order valence-electron chi connectivity index (χ2n) is 9.19. The van der Waals surface area contributed by atoms with E-state index in [4.69, 9.17) is 5.11 Å². The lowest BCUT2D eigenvalue weighted by atomic mass is 9.46. The number of carbonyl (C=O) groups excluding carboxylic acids is 1. The number of ketones is 1. The van der Waals surface area contributed by atoms with Gasteiger partial charge in [-0.05, 0) is 80.1 Å². The van der Waals surface area contributed by atoms with Gasteiger partial charge < -0.3 is 10.2 Å². The van der Waals surface area contributed by atoms with Crippen LogP contribution in [0.1, 0.15) is 58.3 Å². The summed E-state index contributed by atoms with van der Waals surface area (Å²) in [6.07, 6.45) is 14.6. The zero-order valence-electron chi connectivity index (χ0n) is 15.4. The van der Waals surface area contributed by atoms with Gasteiger partial charge in [-0.15, -0.1) is 0 Å². The number of fused-ring (bicyclic) bond motifs is 5. The fraction of sp³-hybridized carbons (Fsp3) is 0.773. The Kier molecular flexibility index (Phi) is 4.44. The third kappa shape index (κ3) is 2.49. The molecule has 0 aromatic carbocycles. The number of carbonyl (C=O) groups is 1. The zero-order chi connectivity index (χ0) is 17.7. The molecule has 4 aliphatic rings. The van der Waals surface area contributed by atoms with Gasteiger partial charge in [0, 0.05) is 18.4 Å². The van der Waals surface area contributed by atoms with E-state index in [2.05, 4.69) is 13.0 Å². The Morgan fingerprint density at radius 3 is 2.72 bits per heavy atom. The van der Waals surface area contributed by atoms with Crippen molar-refractivity contribution in [2.75, 3.05) is 13.2 Å². The first-order valence-corrected chi connectivity index (χ1v) is 10.2. The first kappa shape index (κ1) is 17.5. The van der Waals surface area contributed by atoms with Crippen molar-refractivity contribution >= 4 is 5.78 Å². The third-order valence-electron chi connectivity index (χ3n) is 8.51. The maximum absolute atomic E-state index is 11.9. The summed E-state index contributed by atoms with van der Waals surface area (Å²) in [6.45, 7) is 2.78. The van der Waals surface area contributed by atoms with E-state index in [-0.39, 0.29) is 24.0 Å². The minimum absolute atomic E-state index is 0.0227. The molecule has 0 spiro atoms. The van der Waals surface area contributed by atoms with E-state index >= 15 is 0 Å². The second-order valence-corrected chi connectivity index (χ2v) is 9.19. The first-order valence-electron chi connectivity index (χ1n) is 10.2.